The van der Waals surface area contributed by atoms with Crippen molar-refractivity contribution in [3.8, 4) is 17.2 Å². The molecule has 1 fully saturated rings. The van der Waals surface area contributed by atoms with Crippen LogP contribution in [0.1, 0.15) is 24.5 Å². The zero-order valence-corrected chi connectivity index (χ0v) is 20.6. The molecule has 6 rings (SSSR count). The van der Waals surface area contributed by atoms with Gasteiger partial charge in [0, 0.05) is 49.8 Å². The Morgan fingerprint density at radius 2 is 1.83 bits per heavy atom. The number of hydrogen-bond donors (Lipinski definition) is 4. The number of phenolic OH excluding ortho intramolecular Hbond substituents is 2. The van der Waals surface area contributed by atoms with E-state index >= 15 is 0 Å². The van der Waals surface area contributed by atoms with Gasteiger partial charge in [-0.1, -0.05) is 18.2 Å². The Hall–Kier alpha value is -3.07. The summed E-state index contributed by atoms with van der Waals surface area (Å²) in [5.41, 5.74) is 2.98. The maximum absolute atomic E-state index is 10.5. The maximum atomic E-state index is 10.5. The molecule has 2 aromatic rings. The molecule has 35 heavy (non-hydrogen) atoms. The molecule has 4 N–H and O–H groups in total. The summed E-state index contributed by atoms with van der Waals surface area (Å²) < 4.78 is 10.3. The highest BCUT2D eigenvalue weighted by molar-refractivity contribution is 5.88. The predicted octanol–water partition coefficient (Wildman–Crippen LogP) is 2.81. The lowest BCUT2D eigenvalue weighted by Crippen LogP contribution is -2.64. The Morgan fingerprint density at radius 1 is 1.14 bits per heavy atom. The Labute approximate surface area is 205 Å². The topological polar surface area (TPSA) is 111 Å². The quantitative estimate of drug-likeness (QED) is 0.365. The molecule has 0 aromatic heterocycles. The number of carbonyl (C=O) groups is 1. The third kappa shape index (κ3) is 4.37. The summed E-state index contributed by atoms with van der Waals surface area (Å²) in [6, 6.07) is 10.5. The molecule has 0 radical (unpaired) electrons. The van der Waals surface area contributed by atoms with Gasteiger partial charge in [0.2, 0.25) is 5.91 Å². The van der Waals surface area contributed by atoms with Crippen molar-refractivity contribution < 1.29 is 29.6 Å². The van der Waals surface area contributed by atoms with Crippen molar-refractivity contribution in [3.63, 3.8) is 0 Å². The van der Waals surface area contributed by atoms with Gasteiger partial charge in [-0.3, -0.25) is 4.79 Å². The molecule has 2 heterocycles. The first-order valence-electron chi connectivity index (χ1n) is 11.8. The van der Waals surface area contributed by atoms with E-state index in [2.05, 4.69) is 28.1 Å². The first kappa shape index (κ1) is 25.0. The van der Waals surface area contributed by atoms with E-state index in [1.165, 1.54) is 30.2 Å². The van der Waals surface area contributed by atoms with E-state index in [9.17, 15) is 15.0 Å². The number of aliphatic hydroxyl groups is 1. The summed E-state index contributed by atoms with van der Waals surface area (Å²) in [6.45, 7) is 2.45. The molecule has 188 valence electrons. The number of hydrogen-bond acceptors (Lipinski definition) is 7. The molecule has 2 bridgehead atoms. The van der Waals surface area contributed by atoms with Gasteiger partial charge >= 0.3 is 0 Å². The number of benzene rings is 2. The summed E-state index contributed by atoms with van der Waals surface area (Å²) in [6.07, 6.45) is 5.18. The second kappa shape index (κ2) is 9.89. The van der Waals surface area contributed by atoms with Gasteiger partial charge in [-0.25, -0.2) is 0 Å². The van der Waals surface area contributed by atoms with Crippen LogP contribution in [0.2, 0.25) is 0 Å². The largest absolute Gasteiger partial charge is 0.508 e. The standard InChI is InChI=1S/C17H19NO3.C8H9NO2.C2H6O/c1-18-7-6-17-10-3-5-13(20)16(17)21-15-12(19)4-2-9(14(15)17)8-11(10)18;1-6(10)9-7-2-4-8(11)5-3-7;1-3-2/h2-5,10-11,13,16,19-20H,6-8H2,1H3;2-5,11H,1H3,(H,9,10);1-2H3/t10-,11+,13-,16-,17-;;/m0../s1. The molecular formula is C27H34N2O6. The second-order valence-electron chi connectivity index (χ2n) is 9.57. The highest BCUT2D eigenvalue weighted by Crippen LogP contribution is 2.62. The molecule has 0 saturated carbocycles. The van der Waals surface area contributed by atoms with Gasteiger partial charge in [-0.05, 0) is 62.3 Å². The second-order valence-corrected chi connectivity index (χ2v) is 9.57. The number of amides is 1. The Bertz CT molecular complexity index is 1100. The lowest BCUT2D eigenvalue weighted by atomic mass is 9.53. The molecule has 8 heteroatoms. The summed E-state index contributed by atoms with van der Waals surface area (Å²) in [4.78, 5) is 13.0. The SMILES string of the molecule is CC(=O)Nc1ccc(O)cc1.CN1CC[C@]23c4c5ccc(O)c4O[C@H]2[C@@H](O)C=C[C@H]3[C@H]1C5.COC. The number of aromatic hydroxyl groups is 2. The summed E-state index contributed by atoms with van der Waals surface area (Å²) in [5, 5.41) is 32.1. The van der Waals surface area contributed by atoms with Crippen LogP contribution in [-0.4, -0.2) is 72.2 Å². The molecule has 0 unspecified atom stereocenters. The van der Waals surface area contributed by atoms with Gasteiger partial charge in [-0.2, -0.15) is 0 Å². The Kier molecular flexibility index (Phi) is 7.07. The third-order valence-corrected chi connectivity index (χ3v) is 7.34. The molecule has 1 amide bonds. The predicted molar refractivity (Wildman–Crippen MR) is 133 cm³/mol. The lowest BCUT2D eigenvalue weighted by molar-refractivity contribution is -0.114. The number of phenols is 2. The van der Waals surface area contributed by atoms with Crippen LogP contribution in [0.15, 0.2) is 48.6 Å². The number of piperidine rings is 1. The first-order valence-corrected chi connectivity index (χ1v) is 11.8. The minimum atomic E-state index is -0.594. The number of methoxy groups -OCH3 is 1. The van der Waals surface area contributed by atoms with E-state index in [4.69, 9.17) is 9.84 Å². The summed E-state index contributed by atoms with van der Waals surface area (Å²) in [5.74, 6) is 1.27. The maximum Gasteiger partial charge on any atom is 0.221 e. The van der Waals surface area contributed by atoms with E-state index in [-0.39, 0.29) is 28.9 Å². The minimum Gasteiger partial charge on any atom is -0.508 e. The van der Waals surface area contributed by atoms with Gasteiger partial charge in [0.25, 0.3) is 0 Å². The van der Waals surface area contributed by atoms with Crippen LogP contribution in [0.25, 0.3) is 0 Å². The van der Waals surface area contributed by atoms with E-state index in [0.717, 1.165) is 19.4 Å². The number of anilines is 1. The average molecular weight is 483 g/mol. The minimum absolute atomic E-state index is 0.115. The average Bonchev–Trinajstić information content (AvgIpc) is 3.17. The Morgan fingerprint density at radius 3 is 2.49 bits per heavy atom. The van der Waals surface area contributed by atoms with E-state index < -0.39 is 6.10 Å². The van der Waals surface area contributed by atoms with Crippen molar-refractivity contribution in [2.75, 3.05) is 33.1 Å². The number of nitrogens with zero attached hydrogens (tertiary/aromatic N) is 1. The number of ether oxygens (including phenoxy) is 2. The fourth-order valence-electron chi connectivity index (χ4n) is 5.99. The van der Waals surface area contributed by atoms with Crippen molar-refractivity contribution in [3.05, 3.63) is 59.7 Å². The molecule has 5 atom stereocenters. The van der Waals surface area contributed by atoms with Crippen molar-refractivity contribution in [1.29, 1.82) is 0 Å². The van der Waals surface area contributed by atoms with Crippen LogP contribution < -0.4 is 10.1 Å². The van der Waals surface area contributed by atoms with Crippen molar-refractivity contribution in [2.24, 2.45) is 5.92 Å². The molecule has 1 saturated heterocycles. The van der Waals surface area contributed by atoms with Gasteiger partial charge < -0.3 is 35.0 Å². The van der Waals surface area contributed by atoms with Crippen LogP contribution in [0.5, 0.6) is 17.2 Å². The lowest BCUT2D eigenvalue weighted by Gasteiger charge is -2.56. The fraction of sp³-hybridized carbons (Fsp3) is 0.444. The molecule has 2 aliphatic heterocycles. The number of likely N-dealkylation sites (tertiary alicyclic amines) is 1. The number of likely N-dealkylation sites (N-methyl/N-ethyl adjacent to an activating group) is 1. The van der Waals surface area contributed by atoms with E-state index in [1.54, 1.807) is 32.4 Å². The van der Waals surface area contributed by atoms with E-state index in [0.29, 0.717) is 23.4 Å². The molecule has 2 aromatic carbocycles. The fourth-order valence-corrected chi connectivity index (χ4v) is 5.99. The number of aliphatic hydroxyl groups excluding tert-OH is 1. The molecule has 2 aliphatic carbocycles. The number of nitrogens with one attached hydrogen (secondary N) is 1. The number of rotatable bonds is 1. The van der Waals surface area contributed by atoms with Crippen molar-refractivity contribution >= 4 is 11.6 Å². The van der Waals surface area contributed by atoms with Crippen LogP contribution in [0.3, 0.4) is 0 Å². The first-order chi connectivity index (χ1) is 16.7. The van der Waals surface area contributed by atoms with Crippen molar-refractivity contribution in [2.45, 2.75) is 43.4 Å². The third-order valence-electron chi connectivity index (χ3n) is 7.34. The molecular weight excluding hydrogens is 448 g/mol. The van der Waals surface area contributed by atoms with Crippen LogP contribution in [0, 0.1) is 5.92 Å². The molecule has 4 aliphatic rings. The van der Waals surface area contributed by atoms with Gasteiger partial charge in [0.05, 0.1) is 0 Å². The summed E-state index contributed by atoms with van der Waals surface area (Å²) in [7, 11) is 5.44. The zero-order valence-electron chi connectivity index (χ0n) is 20.6. The highest BCUT2D eigenvalue weighted by Gasteiger charge is 2.64. The molecule has 8 nitrogen and oxygen atoms in total. The highest BCUT2D eigenvalue weighted by atomic mass is 16.5. The smallest absolute Gasteiger partial charge is 0.221 e. The van der Waals surface area contributed by atoms with Crippen LogP contribution in [-0.2, 0) is 21.4 Å². The number of carbonyl (C=O) groups excluding carboxylic acids is 1. The van der Waals surface area contributed by atoms with Gasteiger partial charge in [0.15, 0.2) is 11.5 Å². The van der Waals surface area contributed by atoms with Crippen molar-refractivity contribution in [1.82, 2.24) is 4.90 Å². The summed E-state index contributed by atoms with van der Waals surface area (Å²) >= 11 is 0. The van der Waals surface area contributed by atoms with Gasteiger partial charge in [-0.15, -0.1) is 0 Å². The Balaban J connectivity index is 0.000000175. The molecule has 1 spiro atoms. The van der Waals surface area contributed by atoms with E-state index in [1.807, 2.05) is 12.1 Å². The monoisotopic (exact) mass is 482 g/mol. The van der Waals surface area contributed by atoms with Gasteiger partial charge in [0.1, 0.15) is 18.0 Å². The normalized spacial score (nSPS) is 28.9. The van der Waals surface area contributed by atoms with Crippen LogP contribution >= 0.6 is 0 Å². The van der Waals surface area contributed by atoms with Crippen LogP contribution in [0.4, 0.5) is 5.69 Å². The zero-order chi connectivity index (χ0) is 25.3.